The minimum Gasteiger partial charge on any atom is -0.493 e. The van der Waals surface area contributed by atoms with Crippen LogP contribution >= 0.6 is 15.9 Å². The number of nitrogens with one attached hydrogen (secondary N) is 1. The summed E-state index contributed by atoms with van der Waals surface area (Å²) in [7, 11) is 0. The van der Waals surface area contributed by atoms with Crippen LogP contribution in [0, 0.1) is 5.92 Å². The van der Waals surface area contributed by atoms with Crippen LogP contribution in [0.3, 0.4) is 0 Å². The lowest BCUT2D eigenvalue weighted by Gasteiger charge is -2.12. The molecule has 16 heavy (non-hydrogen) atoms. The molecule has 1 atom stereocenters. The quantitative estimate of drug-likeness (QED) is 0.900. The van der Waals surface area contributed by atoms with E-state index in [0.29, 0.717) is 0 Å². The van der Waals surface area contributed by atoms with Crippen LogP contribution in [0.4, 0.5) is 0 Å². The standard InChI is InChI=1S/C13H16BrNO/c14-12-6-10-2-4-16-13(10)11(7-12)5-9-1-3-15-8-9/h6-7,9,15H,1-5,8H2. The topological polar surface area (TPSA) is 21.3 Å². The highest BCUT2D eigenvalue weighted by Gasteiger charge is 2.21. The van der Waals surface area contributed by atoms with E-state index < -0.39 is 0 Å². The molecule has 0 aromatic heterocycles. The lowest BCUT2D eigenvalue weighted by atomic mass is 9.96. The molecule has 3 rings (SSSR count). The fraction of sp³-hybridized carbons (Fsp3) is 0.538. The molecule has 0 spiro atoms. The normalized spacial score (nSPS) is 23.2. The zero-order chi connectivity index (χ0) is 11.0. The van der Waals surface area contributed by atoms with Gasteiger partial charge < -0.3 is 10.1 Å². The van der Waals surface area contributed by atoms with Gasteiger partial charge >= 0.3 is 0 Å². The van der Waals surface area contributed by atoms with Gasteiger partial charge in [-0.05, 0) is 55.1 Å². The lowest BCUT2D eigenvalue weighted by Crippen LogP contribution is -2.11. The number of fused-ring (bicyclic) bond motifs is 1. The van der Waals surface area contributed by atoms with Crippen molar-refractivity contribution in [2.24, 2.45) is 5.92 Å². The Labute approximate surface area is 105 Å². The van der Waals surface area contributed by atoms with Gasteiger partial charge in [-0.1, -0.05) is 15.9 Å². The summed E-state index contributed by atoms with van der Waals surface area (Å²) in [6.07, 6.45) is 3.50. The van der Waals surface area contributed by atoms with Crippen LogP contribution in [-0.4, -0.2) is 19.7 Å². The second-order valence-electron chi connectivity index (χ2n) is 4.71. The molecule has 1 unspecified atom stereocenters. The summed E-state index contributed by atoms with van der Waals surface area (Å²) in [5.41, 5.74) is 2.76. The van der Waals surface area contributed by atoms with E-state index >= 15 is 0 Å². The number of halogens is 1. The van der Waals surface area contributed by atoms with E-state index in [1.807, 2.05) is 0 Å². The van der Waals surface area contributed by atoms with Crippen LogP contribution in [0.15, 0.2) is 16.6 Å². The molecule has 0 bridgehead atoms. The average molecular weight is 282 g/mol. The first-order valence-corrected chi connectivity index (χ1v) is 6.77. The van der Waals surface area contributed by atoms with E-state index in [1.54, 1.807) is 0 Å². The van der Waals surface area contributed by atoms with E-state index in [1.165, 1.54) is 28.6 Å². The van der Waals surface area contributed by atoms with Crippen molar-refractivity contribution in [1.82, 2.24) is 5.32 Å². The van der Waals surface area contributed by atoms with Gasteiger partial charge in [0.1, 0.15) is 5.75 Å². The van der Waals surface area contributed by atoms with Gasteiger partial charge in [0.15, 0.2) is 0 Å². The molecule has 1 aromatic rings. The number of ether oxygens (including phenoxy) is 1. The molecule has 0 radical (unpaired) electrons. The molecule has 2 aliphatic heterocycles. The highest BCUT2D eigenvalue weighted by Crippen LogP contribution is 2.34. The van der Waals surface area contributed by atoms with E-state index in [9.17, 15) is 0 Å². The van der Waals surface area contributed by atoms with Crippen molar-refractivity contribution in [1.29, 1.82) is 0 Å². The molecule has 2 heterocycles. The van der Waals surface area contributed by atoms with Gasteiger partial charge in [-0.15, -0.1) is 0 Å². The summed E-state index contributed by atoms with van der Waals surface area (Å²) in [5.74, 6) is 1.94. The summed E-state index contributed by atoms with van der Waals surface area (Å²) in [6.45, 7) is 3.17. The van der Waals surface area contributed by atoms with Crippen LogP contribution in [-0.2, 0) is 12.8 Å². The highest BCUT2D eigenvalue weighted by molar-refractivity contribution is 9.10. The molecule has 2 aliphatic rings. The molecule has 0 amide bonds. The SMILES string of the molecule is Brc1cc2c(c(CC3CCNC3)c1)OCC2. The van der Waals surface area contributed by atoms with Crippen LogP contribution in [0.25, 0.3) is 0 Å². The van der Waals surface area contributed by atoms with Crippen molar-refractivity contribution < 1.29 is 4.74 Å². The molecular formula is C13H16BrNO. The average Bonchev–Trinajstić information content (AvgIpc) is 2.87. The molecule has 3 heteroatoms. The van der Waals surface area contributed by atoms with Crippen molar-refractivity contribution in [2.75, 3.05) is 19.7 Å². The molecule has 1 fully saturated rings. The molecule has 0 aliphatic carbocycles. The predicted octanol–water partition coefficient (Wildman–Crippen LogP) is 2.54. The third-order valence-corrected chi connectivity index (χ3v) is 3.95. The van der Waals surface area contributed by atoms with Gasteiger partial charge in [-0.25, -0.2) is 0 Å². The van der Waals surface area contributed by atoms with Gasteiger partial charge in [0, 0.05) is 10.9 Å². The van der Waals surface area contributed by atoms with Crippen molar-refractivity contribution in [3.8, 4) is 5.75 Å². The Morgan fingerprint density at radius 2 is 2.38 bits per heavy atom. The molecule has 1 aromatic carbocycles. The van der Waals surface area contributed by atoms with Crippen molar-refractivity contribution >= 4 is 15.9 Å². The second-order valence-corrected chi connectivity index (χ2v) is 5.63. The van der Waals surface area contributed by atoms with Gasteiger partial charge in [-0.3, -0.25) is 0 Å². The first kappa shape index (κ1) is 10.6. The Morgan fingerprint density at radius 1 is 1.44 bits per heavy atom. The molecule has 0 saturated carbocycles. The summed E-state index contributed by atoms with van der Waals surface area (Å²) in [6, 6.07) is 4.42. The maximum Gasteiger partial charge on any atom is 0.125 e. The summed E-state index contributed by atoms with van der Waals surface area (Å²) < 4.78 is 6.95. The Bertz CT molecular complexity index is 399. The number of rotatable bonds is 2. The summed E-state index contributed by atoms with van der Waals surface area (Å²) in [4.78, 5) is 0. The van der Waals surface area contributed by atoms with E-state index in [0.717, 1.165) is 37.7 Å². The van der Waals surface area contributed by atoms with Crippen molar-refractivity contribution in [3.63, 3.8) is 0 Å². The third-order valence-electron chi connectivity index (χ3n) is 3.50. The number of benzene rings is 1. The van der Waals surface area contributed by atoms with Crippen LogP contribution in [0.1, 0.15) is 17.5 Å². The van der Waals surface area contributed by atoms with E-state index in [4.69, 9.17) is 4.74 Å². The van der Waals surface area contributed by atoms with E-state index in [-0.39, 0.29) is 0 Å². The maximum atomic E-state index is 5.75. The van der Waals surface area contributed by atoms with Gasteiger partial charge in [0.25, 0.3) is 0 Å². The van der Waals surface area contributed by atoms with Crippen molar-refractivity contribution in [2.45, 2.75) is 19.3 Å². The number of hydrogen-bond donors (Lipinski definition) is 1. The summed E-state index contributed by atoms with van der Waals surface area (Å²) >= 11 is 3.59. The highest BCUT2D eigenvalue weighted by atomic mass is 79.9. The zero-order valence-electron chi connectivity index (χ0n) is 9.26. The first-order chi connectivity index (χ1) is 7.83. The fourth-order valence-corrected chi connectivity index (χ4v) is 3.25. The van der Waals surface area contributed by atoms with Crippen molar-refractivity contribution in [3.05, 3.63) is 27.7 Å². The Balaban J connectivity index is 1.87. The monoisotopic (exact) mass is 281 g/mol. The Hall–Kier alpha value is -0.540. The zero-order valence-corrected chi connectivity index (χ0v) is 10.8. The molecule has 86 valence electrons. The lowest BCUT2D eigenvalue weighted by molar-refractivity contribution is 0.351. The molecule has 2 nitrogen and oxygen atoms in total. The minimum atomic E-state index is 0.780. The third kappa shape index (κ3) is 1.98. The molecule has 1 N–H and O–H groups in total. The largest absolute Gasteiger partial charge is 0.493 e. The van der Waals surface area contributed by atoms with Crippen LogP contribution in [0.2, 0.25) is 0 Å². The minimum absolute atomic E-state index is 0.780. The van der Waals surface area contributed by atoms with Gasteiger partial charge in [0.05, 0.1) is 6.61 Å². The molecule has 1 saturated heterocycles. The number of hydrogen-bond acceptors (Lipinski definition) is 2. The van der Waals surface area contributed by atoms with Gasteiger partial charge in [-0.2, -0.15) is 0 Å². The predicted molar refractivity (Wildman–Crippen MR) is 68.0 cm³/mol. The Morgan fingerprint density at radius 3 is 3.19 bits per heavy atom. The van der Waals surface area contributed by atoms with Gasteiger partial charge in [0.2, 0.25) is 0 Å². The maximum absolute atomic E-state index is 5.75. The first-order valence-electron chi connectivity index (χ1n) is 5.98. The van der Waals surface area contributed by atoms with Crippen LogP contribution in [0.5, 0.6) is 5.75 Å². The second kappa shape index (κ2) is 4.38. The Kier molecular flexibility index (Phi) is 2.90. The summed E-state index contributed by atoms with van der Waals surface area (Å²) in [5, 5.41) is 3.42. The van der Waals surface area contributed by atoms with E-state index in [2.05, 4.69) is 33.4 Å². The smallest absolute Gasteiger partial charge is 0.125 e. The van der Waals surface area contributed by atoms with Crippen LogP contribution < -0.4 is 10.1 Å². The molecular weight excluding hydrogens is 266 g/mol. The fourth-order valence-electron chi connectivity index (χ4n) is 2.70.